The van der Waals surface area contributed by atoms with Gasteiger partial charge in [-0.1, -0.05) is 31.5 Å². The SMILES string of the molecule is C[C](C)c1cc(C)ccc1F. The molecule has 1 radical (unpaired) electrons. The van der Waals surface area contributed by atoms with E-state index in [1.165, 1.54) is 6.07 Å². The summed E-state index contributed by atoms with van der Waals surface area (Å²) in [5.41, 5.74) is 1.83. The first-order valence-corrected chi connectivity index (χ1v) is 3.68. The van der Waals surface area contributed by atoms with Crippen LogP contribution in [0.5, 0.6) is 0 Å². The molecule has 0 saturated heterocycles. The Morgan fingerprint density at radius 3 is 2.36 bits per heavy atom. The van der Waals surface area contributed by atoms with Crippen molar-refractivity contribution >= 4 is 0 Å². The third kappa shape index (κ3) is 1.79. The molecule has 0 atom stereocenters. The van der Waals surface area contributed by atoms with E-state index in [-0.39, 0.29) is 5.82 Å². The molecule has 0 bridgehead atoms. The van der Waals surface area contributed by atoms with Gasteiger partial charge >= 0.3 is 0 Å². The van der Waals surface area contributed by atoms with Crippen molar-refractivity contribution in [2.24, 2.45) is 0 Å². The quantitative estimate of drug-likeness (QED) is 0.578. The third-order valence-corrected chi connectivity index (χ3v) is 1.66. The van der Waals surface area contributed by atoms with Crippen LogP contribution in [0.25, 0.3) is 0 Å². The predicted octanol–water partition coefficient (Wildman–Crippen LogP) is 3.10. The minimum absolute atomic E-state index is 0.129. The topological polar surface area (TPSA) is 0 Å². The third-order valence-electron chi connectivity index (χ3n) is 1.66. The van der Waals surface area contributed by atoms with Gasteiger partial charge in [-0.2, -0.15) is 0 Å². The molecule has 1 aromatic rings. The van der Waals surface area contributed by atoms with Crippen molar-refractivity contribution in [2.75, 3.05) is 0 Å². The molecule has 1 aromatic carbocycles. The largest absolute Gasteiger partial charge is 0.207 e. The fourth-order valence-corrected chi connectivity index (χ4v) is 1.02. The summed E-state index contributed by atoms with van der Waals surface area (Å²) in [4.78, 5) is 0. The lowest BCUT2D eigenvalue weighted by Gasteiger charge is -2.06. The fourth-order valence-electron chi connectivity index (χ4n) is 1.02. The Morgan fingerprint density at radius 1 is 1.27 bits per heavy atom. The van der Waals surface area contributed by atoms with Gasteiger partial charge in [0.2, 0.25) is 0 Å². The van der Waals surface area contributed by atoms with E-state index < -0.39 is 0 Å². The summed E-state index contributed by atoms with van der Waals surface area (Å²) in [6, 6.07) is 5.16. The smallest absolute Gasteiger partial charge is 0.126 e. The van der Waals surface area contributed by atoms with Crippen LogP contribution < -0.4 is 0 Å². The van der Waals surface area contributed by atoms with Crippen LogP contribution >= 0.6 is 0 Å². The molecule has 0 spiro atoms. The van der Waals surface area contributed by atoms with Gasteiger partial charge in [0.15, 0.2) is 0 Å². The van der Waals surface area contributed by atoms with Gasteiger partial charge < -0.3 is 0 Å². The molecule has 0 amide bonds. The van der Waals surface area contributed by atoms with Gasteiger partial charge in [0, 0.05) is 5.92 Å². The monoisotopic (exact) mass is 151 g/mol. The summed E-state index contributed by atoms with van der Waals surface area (Å²) in [5, 5.41) is 0. The number of rotatable bonds is 1. The van der Waals surface area contributed by atoms with Gasteiger partial charge in [-0.25, -0.2) is 4.39 Å². The summed E-state index contributed by atoms with van der Waals surface area (Å²) in [6.45, 7) is 5.79. The van der Waals surface area contributed by atoms with Crippen LogP contribution in [0.3, 0.4) is 0 Å². The summed E-state index contributed by atoms with van der Waals surface area (Å²) in [5.74, 6) is 0.891. The number of hydrogen-bond acceptors (Lipinski definition) is 0. The number of hydrogen-bond donors (Lipinski definition) is 0. The maximum absolute atomic E-state index is 13.0. The van der Waals surface area contributed by atoms with E-state index in [1.807, 2.05) is 26.8 Å². The first-order chi connectivity index (χ1) is 5.11. The van der Waals surface area contributed by atoms with E-state index in [9.17, 15) is 4.39 Å². The molecule has 0 saturated carbocycles. The van der Waals surface area contributed by atoms with Crippen molar-refractivity contribution in [2.45, 2.75) is 20.8 Å². The number of benzene rings is 1. The highest BCUT2D eigenvalue weighted by Gasteiger charge is 2.05. The standard InChI is InChI=1S/C10H12F/c1-7(2)9-6-8(3)4-5-10(9)11/h4-6H,1-3H3. The minimum atomic E-state index is -0.129. The Labute approximate surface area is 67.1 Å². The molecular weight excluding hydrogens is 139 g/mol. The van der Waals surface area contributed by atoms with Crippen LogP contribution in [0.15, 0.2) is 18.2 Å². The maximum Gasteiger partial charge on any atom is 0.126 e. The van der Waals surface area contributed by atoms with Crippen LogP contribution in [0, 0.1) is 18.7 Å². The van der Waals surface area contributed by atoms with Gasteiger partial charge in [-0.3, -0.25) is 0 Å². The van der Waals surface area contributed by atoms with Gasteiger partial charge in [0.05, 0.1) is 0 Å². The molecule has 0 aliphatic heterocycles. The van der Waals surface area contributed by atoms with E-state index in [0.29, 0.717) is 0 Å². The van der Waals surface area contributed by atoms with Crippen molar-refractivity contribution in [3.05, 3.63) is 41.1 Å². The van der Waals surface area contributed by atoms with Crippen molar-refractivity contribution in [1.82, 2.24) is 0 Å². The lowest BCUT2D eigenvalue weighted by atomic mass is 10.0. The summed E-state index contributed by atoms with van der Waals surface area (Å²) < 4.78 is 13.0. The Hall–Kier alpha value is -0.850. The van der Waals surface area contributed by atoms with Gasteiger partial charge in [-0.15, -0.1) is 0 Å². The van der Waals surface area contributed by atoms with Gasteiger partial charge in [0.25, 0.3) is 0 Å². The molecule has 0 nitrogen and oxygen atoms in total. The van der Waals surface area contributed by atoms with Crippen molar-refractivity contribution in [3.8, 4) is 0 Å². The average Bonchev–Trinajstić information content (AvgIpc) is 1.94. The zero-order valence-electron chi connectivity index (χ0n) is 7.11. The van der Waals surface area contributed by atoms with Crippen molar-refractivity contribution in [1.29, 1.82) is 0 Å². The fraction of sp³-hybridized carbons (Fsp3) is 0.300. The zero-order valence-corrected chi connectivity index (χ0v) is 7.11. The Morgan fingerprint density at radius 2 is 1.91 bits per heavy atom. The molecule has 11 heavy (non-hydrogen) atoms. The lowest BCUT2D eigenvalue weighted by molar-refractivity contribution is 0.615. The Bertz CT molecular complexity index is 251. The lowest BCUT2D eigenvalue weighted by Crippen LogP contribution is -1.93. The summed E-state index contributed by atoms with van der Waals surface area (Å²) in [6.07, 6.45) is 0. The van der Waals surface area contributed by atoms with Crippen LogP contribution in [0.2, 0.25) is 0 Å². The van der Waals surface area contributed by atoms with E-state index in [0.717, 1.165) is 17.0 Å². The molecular formula is C10H12F. The van der Waals surface area contributed by atoms with Crippen molar-refractivity contribution in [3.63, 3.8) is 0 Å². The molecule has 0 unspecified atom stereocenters. The Balaban J connectivity index is 3.13. The second-order valence-corrected chi connectivity index (χ2v) is 2.98. The highest BCUT2D eigenvalue weighted by molar-refractivity contribution is 5.33. The van der Waals surface area contributed by atoms with E-state index in [4.69, 9.17) is 0 Å². The molecule has 0 heterocycles. The molecule has 0 aromatic heterocycles. The number of halogens is 1. The highest BCUT2D eigenvalue weighted by Crippen LogP contribution is 2.18. The van der Waals surface area contributed by atoms with E-state index in [1.54, 1.807) is 6.07 Å². The minimum Gasteiger partial charge on any atom is -0.207 e. The highest BCUT2D eigenvalue weighted by atomic mass is 19.1. The predicted molar refractivity (Wildman–Crippen MR) is 44.8 cm³/mol. The maximum atomic E-state index is 13.0. The first-order valence-electron chi connectivity index (χ1n) is 3.68. The second kappa shape index (κ2) is 3.04. The first kappa shape index (κ1) is 8.25. The molecule has 0 aliphatic rings. The van der Waals surface area contributed by atoms with Gasteiger partial charge in [0.1, 0.15) is 5.82 Å². The van der Waals surface area contributed by atoms with Gasteiger partial charge in [-0.05, 0) is 18.6 Å². The summed E-state index contributed by atoms with van der Waals surface area (Å²) in [7, 11) is 0. The molecule has 1 heteroatoms. The van der Waals surface area contributed by atoms with Crippen LogP contribution in [0.1, 0.15) is 25.0 Å². The van der Waals surface area contributed by atoms with Crippen LogP contribution in [0.4, 0.5) is 4.39 Å². The van der Waals surface area contributed by atoms with Crippen LogP contribution in [-0.2, 0) is 0 Å². The number of aryl methyl sites for hydroxylation is 1. The molecule has 59 valence electrons. The zero-order chi connectivity index (χ0) is 8.43. The Kier molecular flexibility index (Phi) is 2.28. The second-order valence-electron chi connectivity index (χ2n) is 2.98. The summed E-state index contributed by atoms with van der Waals surface area (Å²) >= 11 is 0. The molecule has 0 N–H and O–H groups in total. The van der Waals surface area contributed by atoms with E-state index >= 15 is 0 Å². The normalized spacial score (nSPS) is 10.6. The molecule has 0 aliphatic carbocycles. The van der Waals surface area contributed by atoms with Crippen LogP contribution in [-0.4, -0.2) is 0 Å². The van der Waals surface area contributed by atoms with Crippen molar-refractivity contribution < 1.29 is 4.39 Å². The molecule has 1 rings (SSSR count). The van der Waals surface area contributed by atoms with E-state index in [2.05, 4.69) is 0 Å². The molecule has 0 fully saturated rings. The average molecular weight is 151 g/mol.